The summed E-state index contributed by atoms with van der Waals surface area (Å²) in [5.74, 6) is -0.297. The third-order valence-electron chi connectivity index (χ3n) is 3.17. The topological polar surface area (TPSA) is 62.1 Å². The lowest BCUT2D eigenvalue weighted by Gasteiger charge is -2.10. The number of benzene rings is 1. The number of halogens is 1. The van der Waals surface area contributed by atoms with Gasteiger partial charge in [-0.1, -0.05) is 0 Å². The van der Waals surface area contributed by atoms with Crippen molar-refractivity contribution in [3.8, 4) is 11.3 Å². The van der Waals surface area contributed by atoms with Crippen molar-refractivity contribution < 1.29 is 13.9 Å². The molecule has 3 aromatic rings. The number of furan rings is 1. The predicted octanol–water partition coefficient (Wildman–Crippen LogP) is 3.08. The van der Waals surface area contributed by atoms with E-state index in [1.165, 1.54) is 12.1 Å². The highest BCUT2D eigenvalue weighted by atomic mass is 19.1. The van der Waals surface area contributed by atoms with Gasteiger partial charge in [0.15, 0.2) is 0 Å². The average molecular weight is 272 g/mol. The summed E-state index contributed by atoms with van der Waals surface area (Å²) in [6.45, 7) is 0. The molecule has 4 nitrogen and oxygen atoms in total. The maximum absolute atomic E-state index is 13.0. The van der Waals surface area contributed by atoms with E-state index in [9.17, 15) is 9.50 Å². The van der Waals surface area contributed by atoms with Gasteiger partial charge in [-0.3, -0.25) is 5.10 Å². The smallest absolute Gasteiger partial charge is 0.123 e. The number of hydrogen-bond acceptors (Lipinski definition) is 3. The van der Waals surface area contributed by atoms with Gasteiger partial charge in [-0.25, -0.2) is 4.39 Å². The molecular formula is C15H13FN2O2. The summed E-state index contributed by atoms with van der Waals surface area (Å²) in [5, 5.41) is 17.1. The number of nitrogens with one attached hydrogen (secondary N) is 1. The summed E-state index contributed by atoms with van der Waals surface area (Å²) in [6.07, 6.45) is 4.48. The van der Waals surface area contributed by atoms with Crippen LogP contribution in [-0.4, -0.2) is 15.3 Å². The second-order valence-electron chi connectivity index (χ2n) is 4.56. The van der Waals surface area contributed by atoms with Crippen molar-refractivity contribution in [3.63, 3.8) is 0 Å². The Morgan fingerprint density at radius 2 is 2.05 bits per heavy atom. The molecule has 0 saturated heterocycles. The van der Waals surface area contributed by atoms with Gasteiger partial charge in [0, 0.05) is 17.5 Å². The molecular weight excluding hydrogens is 259 g/mol. The fraction of sp³-hybridized carbons (Fsp3) is 0.133. The lowest BCUT2D eigenvalue weighted by atomic mass is 10.0. The van der Waals surface area contributed by atoms with Gasteiger partial charge < -0.3 is 9.52 Å². The number of rotatable bonds is 4. The van der Waals surface area contributed by atoms with Crippen molar-refractivity contribution in [3.05, 3.63) is 66.0 Å². The van der Waals surface area contributed by atoms with Gasteiger partial charge >= 0.3 is 0 Å². The van der Waals surface area contributed by atoms with Crippen LogP contribution in [0.3, 0.4) is 0 Å². The molecule has 0 spiro atoms. The summed E-state index contributed by atoms with van der Waals surface area (Å²) >= 11 is 0. The van der Waals surface area contributed by atoms with Crippen LogP contribution in [0.25, 0.3) is 11.3 Å². The molecule has 0 saturated carbocycles. The van der Waals surface area contributed by atoms with Crippen LogP contribution in [0.4, 0.5) is 4.39 Å². The Bertz CT molecular complexity index is 674. The number of H-pyrrole nitrogens is 1. The molecule has 0 fully saturated rings. The fourth-order valence-corrected chi connectivity index (χ4v) is 2.14. The minimum absolute atomic E-state index is 0.297. The Kier molecular flexibility index (Phi) is 3.35. The molecule has 0 aliphatic carbocycles. The van der Waals surface area contributed by atoms with Gasteiger partial charge in [-0.05, 0) is 35.9 Å². The molecule has 0 amide bonds. The van der Waals surface area contributed by atoms with Crippen LogP contribution in [0, 0.1) is 5.82 Å². The summed E-state index contributed by atoms with van der Waals surface area (Å²) in [4.78, 5) is 0. The van der Waals surface area contributed by atoms with Crippen LogP contribution in [0.1, 0.15) is 17.2 Å². The zero-order valence-corrected chi connectivity index (χ0v) is 10.6. The monoisotopic (exact) mass is 272 g/mol. The molecule has 2 heterocycles. The van der Waals surface area contributed by atoms with Crippen molar-refractivity contribution >= 4 is 0 Å². The molecule has 2 aromatic heterocycles. The number of aliphatic hydroxyl groups is 1. The first-order valence-electron chi connectivity index (χ1n) is 6.22. The number of aliphatic hydroxyl groups excluding tert-OH is 1. The molecule has 3 rings (SSSR count). The number of aromatic amines is 1. The van der Waals surface area contributed by atoms with Crippen molar-refractivity contribution in [2.45, 2.75) is 12.5 Å². The standard InChI is InChI=1S/C15H13FN2O2/c16-12-3-1-11(2-4-12)15-13(8-17-18-15)14(19)7-10-5-6-20-9-10/h1-6,8-9,14,19H,7H2,(H,17,18). The van der Waals surface area contributed by atoms with Gasteiger partial charge in [0.2, 0.25) is 0 Å². The van der Waals surface area contributed by atoms with E-state index >= 15 is 0 Å². The molecule has 5 heteroatoms. The number of aromatic nitrogens is 2. The number of hydrogen-bond donors (Lipinski definition) is 2. The fourth-order valence-electron chi connectivity index (χ4n) is 2.14. The molecule has 0 bridgehead atoms. The van der Waals surface area contributed by atoms with Crippen LogP contribution in [0.5, 0.6) is 0 Å². The van der Waals surface area contributed by atoms with E-state index in [4.69, 9.17) is 4.42 Å². The van der Waals surface area contributed by atoms with Crippen LogP contribution in [0.15, 0.2) is 53.5 Å². The van der Waals surface area contributed by atoms with Crippen LogP contribution in [-0.2, 0) is 6.42 Å². The first kappa shape index (κ1) is 12.6. The third-order valence-corrected chi connectivity index (χ3v) is 3.17. The van der Waals surface area contributed by atoms with Gasteiger partial charge in [0.1, 0.15) is 5.82 Å². The first-order valence-corrected chi connectivity index (χ1v) is 6.22. The van der Waals surface area contributed by atoms with E-state index in [1.807, 2.05) is 0 Å². The highest BCUT2D eigenvalue weighted by molar-refractivity contribution is 5.63. The molecule has 0 aliphatic rings. The summed E-state index contributed by atoms with van der Waals surface area (Å²) in [6, 6.07) is 7.86. The molecule has 0 aliphatic heterocycles. The highest BCUT2D eigenvalue weighted by Crippen LogP contribution is 2.28. The summed E-state index contributed by atoms with van der Waals surface area (Å²) in [7, 11) is 0. The molecule has 1 atom stereocenters. The maximum Gasteiger partial charge on any atom is 0.123 e. The molecule has 20 heavy (non-hydrogen) atoms. The Morgan fingerprint density at radius 3 is 2.75 bits per heavy atom. The van der Waals surface area contributed by atoms with E-state index in [2.05, 4.69) is 10.2 Å². The Hall–Kier alpha value is -2.40. The second-order valence-corrected chi connectivity index (χ2v) is 4.56. The zero-order valence-electron chi connectivity index (χ0n) is 10.6. The van der Waals surface area contributed by atoms with Gasteiger partial charge in [0.05, 0.1) is 30.5 Å². The summed E-state index contributed by atoms with van der Waals surface area (Å²) < 4.78 is 17.9. The lowest BCUT2D eigenvalue weighted by Crippen LogP contribution is -2.01. The molecule has 1 aromatic carbocycles. The van der Waals surface area contributed by atoms with E-state index < -0.39 is 6.10 Å². The van der Waals surface area contributed by atoms with Crippen LogP contribution in [0.2, 0.25) is 0 Å². The first-order chi connectivity index (χ1) is 9.74. The van der Waals surface area contributed by atoms with Crippen LogP contribution >= 0.6 is 0 Å². The van der Waals surface area contributed by atoms with Gasteiger partial charge in [-0.2, -0.15) is 5.10 Å². The Labute approximate surface area is 114 Å². The molecule has 102 valence electrons. The van der Waals surface area contributed by atoms with E-state index in [-0.39, 0.29) is 5.82 Å². The number of nitrogens with zero attached hydrogens (tertiary/aromatic N) is 1. The third kappa shape index (κ3) is 2.48. The minimum Gasteiger partial charge on any atom is -0.472 e. The normalized spacial score (nSPS) is 12.5. The highest BCUT2D eigenvalue weighted by Gasteiger charge is 2.17. The van der Waals surface area contributed by atoms with E-state index in [0.717, 1.165) is 11.1 Å². The van der Waals surface area contributed by atoms with E-state index in [0.29, 0.717) is 17.7 Å². The van der Waals surface area contributed by atoms with Gasteiger partial charge in [0.25, 0.3) is 0 Å². The largest absolute Gasteiger partial charge is 0.472 e. The SMILES string of the molecule is OC(Cc1ccoc1)c1cn[nH]c1-c1ccc(F)cc1. The molecule has 0 radical (unpaired) electrons. The zero-order chi connectivity index (χ0) is 13.9. The second kappa shape index (κ2) is 5.30. The average Bonchev–Trinajstić information content (AvgIpc) is 3.10. The molecule has 1 unspecified atom stereocenters. The Balaban J connectivity index is 1.87. The Morgan fingerprint density at radius 1 is 1.25 bits per heavy atom. The predicted molar refractivity (Wildman–Crippen MR) is 71.4 cm³/mol. The van der Waals surface area contributed by atoms with Crippen molar-refractivity contribution in [1.82, 2.24) is 10.2 Å². The van der Waals surface area contributed by atoms with Crippen molar-refractivity contribution in [1.29, 1.82) is 0 Å². The maximum atomic E-state index is 13.0. The summed E-state index contributed by atoms with van der Waals surface area (Å²) in [5.41, 5.74) is 3.06. The quantitative estimate of drug-likeness (QED) is 0.767. The molecule has 2 N–H and O–H groups in total. The van der Waals surface area contributed by atoms with Gasteiger partial charge in [-0.15, -0.1) is 0 Å². The lowest BCUT2D eigenvalue weighted by molar-refractivity contribution is 0.179. The van der Waals surface area contributed by atoms with E-state index in [1.54, 1.807) is 36.9 Å². The van der Waals surface area contributed by atoms with Crippen molar-refractivity contribution in [2.75, 3.05) is 0 Å². The minimum atomic E-state index is -0.702. The van der Waals surface area contributed by atoms with Crippen molar-refractivity contribution in [2.24, 2.45) is 0 Å². The van der Waals surface area contributed by atoms with Crippen LogP contribution < -0.4 is 0 Å².